The lowest BCUT2D eigenvalue weighted by molar-refractivity contribution is -0.123. The summed E-state index contributed by atoms with van der Waals surface area (Å²) in [6.45, 7) is 5.20. The summed E-state index contributed by atoms with van der Waals surface area (Å²) in [7, 11) is 3.90. The molecule has 1 unspecified atom stereocenters. The van der Waals surface area contributed by atoms with Gasteiger partial charge in [0.2, 0.25) is 5.91 Å². The maximum absolute atomic E-state index is 13.3. The molecule has 5 N–H and O–H groups in total. The molecule has 0 spiro atoms. The van der Waals surface area contributed by atoms with Crippen LogP contribution in [0.3, 0.4) is 0 Å². The van der Waals surface area contributed by atoms with Crippen LogP contribution in [0.1, 0.15) is 29.8 Å². The topological polar surface area (TPSA) is 129 Å². The number of halogens is 2. The van der Waals surface area contributed by atoms with Gasteiger partial charge in [0, 0.05) is 18.8 Å². The van der Waals surface area contributed by atoms with Gasteiger partial charge in [-0.3, -0.25) is 24.7 Å². The van der Waals surface area contributed by atoms with E-state index in [4.69, 9.17) is 17.3 Å². The third kappa shape index (κ3) is 5.89. The number of benzene rings is 2. The first-order chi connectivity index (χ1) is 16.9. The predicted octanol–water partition coefficient (Wildman–Crippen LogP) is 2.12. The fraction of sp³-hybridized carbons (Fsp3) is 0.360. The van der Waals surface area contributed by atoms with Crippen molar-refractivity contribution < 1.29 is 18.8 Å². The number of amides is 3. The van der Waals surface area contributed by atoms with Crippen LogP contribution in [0.2, 0.25) is 5.02 Å². The molecule has 0 saturated heterocycles. The number of aliphatic imine (C=N–C) groups is 1. The maximum Gasteiger partial charge on any atom is 0.268 e. The third-order valence-corrected chi connectivity index (χ3v) is 6.06. The van der Waals surface area contributed by atoms with Crippen molar-refractivity contribution in [1.82, 2.24) is 15.5 Å². The van der Waals surface area contributed by atoms with E-state index >= 15 is 0 Å². The molecule has 1 heterocycles. The summed E-state index contributed by atoms with van der Waals surface area (Å²) in [5.41, 5.74) is 4.82. The molecule has 36 heavy (non-hydrogen) atoms. The zero-order chi connectivity index (χ0) is 26.7. The van der Waals surface area contributed by atoms with Gasteiger partial charge in [0.25, 0.3) is 11.8 Å². The van der Waals surface area contributed by atoms with Gasteiger partial charge in [0.1, 0.15) is 11.5 Å². The van der Waals surface area contributed by atoms with Gasteiger partial charge in [-0.05, 0) is 55.4 Å². The van der Waals surface area contributed by atoms with Gasteiger partial charge in [-0.25, -0.2) is 4.39 Å². The highest BCUT2D eigenvalue weighted by atomic mass is 35.5. The molecular formula is C25H30ClFN6O3. The fourth-order valence-corrected chi connectivity index (χ4v) is 4.51. The minimum Gasteiger partial charge on any atom is -0.367 e. The van der Waals surface area contributed by atoms with Crippen molar-refractivity contribution in [1.29, 1.82) is 0 Å². The summed E-state index contributed by atoms with van der Waals surface area (Å²) in [5, 5.41) is 8.48. The van der Waals surface area contributed by atoms with Gasteiger partial charge in [-0.1, -0.05) is 37.6 Å². The quantitative estimate of drug-likeness (QED) is 0.406. The Morgan fingerprint density at radius 3 is 2.42 bits per heavy atom. The highest BCUT2D eigenvalue weighted by Gasteiger charge is 2.49. The molecule has 2 aromatic carbocycles. The lowest BCUT2D eigenvalue weighted by atomic mass is 9.84. The minimum atomic E-state index is -1.63. The molecule has 11 heteroatoms. The number of rotatable bonds is 9. The van der Waals surface area contributed by atoms with Crippen molar-refractivity contribution >= 4 is 40.7 Å². The number of primary amides is 1. The van der Waals surface area contributed by atoms with Gasteiger partial charge < -0.3 is 21.3 Å². The van der Waals surface area contributed by atoms with Crippen LogP contribution in [0.15, 0.2) is 47.5 Å². The number of anilines is 1. The highest BCUT2D eigenvalue weighted by molar-refractivity contribution is 6.47. The van der Waals surface area contributed by atoms with Gasteiger partial charge in [-0.15, -0.1) is 0 Å². The van der Waals surface area contributed by atoms with Crippen LogP contribution < -0.4 is 21.7 Å². The molecule has 0 fully saturated rings. The maximum atomic E-state index is 13.3. The molecular weight excluding hydrogens is 487 g/mol. The molecule has 0 aromatic heterocycles. The zero-order valence-electron chi connectivity index (χ0n) is 20.6. The average molecular weight is 517 g/mol. The van der Waals surface area contributed by atoms with Crippen molar-refractivity contribution in [3.63, 3.8) is 0 Å². The van der Waals surface area contributed by atoms with E-state index in [2.05, 4.69) is 20.9 Å². The first-order valence-electron chi connectivity index (χ1n) is 11.3. The second-order valence-corrected chi connectivity index (χ2v) is 10.1. The second kappa shape index (κ2) is 10.7. The van der Waals surface area contributed by atoms with Crippen LogP contribution >= 0.6 is 11.6 Å². The average Bonchev–Trinajstić information content (AvgIpc) is 3.23. The number of nitrogens with one attached hydrogen (secondary N) is 3. The Kier molecular flexibility index (Phi) is 8.12. The summed E-state index contributed by atoms with van der Waals surface area (Å²) >= 11 is 5.97. The van der Waals surface area contributed by atoms with E-state index in [1.165, 1.54) is 6.07 Å². The van der Waals surface area contributed by atoms with Gasteiger partial charge >= 0.3 is 0 Å². The lowest BCUT2D eigenvalue weighted by Crippen LogP contribution is -2.59. The molecule has 0 radical (unpaired) electrons. The number of carbonyl (C=O) groups is 3. The Morgan fingerprint density at radius 1 is 1.17 bits per heavy atom. The second-order valence-electron chi connectivity index (χ2n) is 9.70. The Balaban J connectivity index is 1.79. The van der Waals surface area contributed by atoms with Crippen molar-refractivity contribution in [2.75, 3.05) is 39.2 Å². The van der Waals surface area contributed by atoms with Crippen LogP contribution in [-0.2, 0) is 15.1 Å². The first kappa shape index (κ1) is 27.3. The SMILES string of the molecule is CN(C)CC(C)(C)CNC(=O)C1=NCNC1(C(N)=O)c1ccc(NC(=O)c2ccc(F)cc2Cl)cc1. The van der Waals surface area contributed by atoms with E-state index in [1.54, 1.807) is 24.3 Å². The molecule has 1 atom stereocenters. The summed E-state index contributed by atoms with van der Waals surface area (Å²) in [6, 6.07) is 9.74. The summed E-state index contributed by atoms with van der Waals surface area (Å²) in [4.78, 5) is 44.6. The molecule has 2 aromatic rings. The van der Waals surface area contributed by atoms with Gasteiger partial charge in [0.15, 0.2) is 5.54 Å². The van der Waals surface area contributed by atoms with Crippen LogP contribution in [0.4, 0.5) is 10.1 Å². The molecule has 1 aliphatic heterocycles. The summed E-state index contributed by atoms with van der Waals surface area (Å²) in [5.74, 6) is -2.35. The number of hydrogen-bond donors (Lipinski definition) is 4. The Hall–Kier alpha value is -3.34. The fourth-order valence-electron chi connectivity index (χ4n) is 4.26. The molecule has 1 aliphatic rings. The summed E-state index contributed by atoms with van der Waals surface area (Å²) in [6.07, 6.45) is 0. The van der Waals surface area contributed by atoms with E-state index in [-0.39, 0.29) is 28.4 Å². The number of nitrogens with zero attached hydrogens (tertiary/aromatic N) is 2. The van der Waals surface area contributed by atoms with Crippen LogP contribution in [0, 0.1) is 11.2 Å². The lowest BCUT2D eigenvalue weighted by Gasteiger charge is -2.30. The van der Waals surface area contributed by atoms with E-state index in [0.717, 1.165) is 18.7 Å². The molecule has 9 nitrogen and oxygen atoms in total. The van der Waals surface area contributed by atoms with Gasteiger partial charge in [0.05, 0.1) is 17.3 Å². The van der Waals surface area contributed by atoms with Crippen molar-refractivity contribution in [3.8, 4) is 0 Å². The zero-order valence-corrected chi connectivity index (χ0v) is 21.4. The molecule has 3 rings (SSSR count). The number of carbonyl (C=O) groups excluding carboxylic acids is 3. The smallest absolute Gasteiger partial charge is 0.268 e. The highest BCUT2D eigenvalue weighted by Crippen LogP contribution is 2.29. The Bertz CT molecular complexity index is 1200. The van der Waals surface area contributed by atoms with E-state index < -0.39 is 29.1 Å². The number of nitrogens with two attached hydrogens (primary N) is 1. The molecule has 0 saturated carbocycles. The monoisotopic (exact) mass is 516 g/mol. The van der Waals surface area contributed by atoms with Gasteiger partial charge in [-0.2, -0.15) is 0 Å². The van der Waals surface area contributed by atoms with Crippen LogP contribution in [0.5, 0.6) is 0 Å². The van der Waals surface area contributed by atoms with Crippen molar-refractivity contribution in [2.45, 2.75) is 19.4 Å². The molecule has 192 valence electrons. The Labute approximate surface area is 214 Å². The van der Waals surface area contributed by atoms with Crippen molar-refractivity contribution in [2.24, 2.45) is 16.1 Å². The first-order valence-corrected chi connectivity index (χ1v) is 11.6. The van der Waals surface area contributed by atoms with E-state index in [1.807, 2.05) is 32.8 Å². The predicted molar refractivity (Wildman–Crippen MR) is 137 cm³/mol. The molecule has 0 bridgehead atoms. The van der Waals surface area contributed by atoms with Crippen LogP contribution in [0.25, 0.3) is 0 Å². The Morgan fingerprint density at radius 2 is 1.83 bits per heavy atom. The standard InChI is InChI=1S/C25H30ClFN6O3/c1-24(2,13-33(3)4)12-29-22(35)20-25(23(28)36,31-14-30-20)15-5-8-17(9-6-15)32-21(34)18-10-7-16(27)11-19(18)26/h5-11,31H,12-14H2,1-4H3,(H2,28,36)(H,29,35)(H,32,34). The van der Waals surface area contributed by atoms with Crippen LogP contribution in [-0.4, -0.2) is 62.2 Å². The number of hydrogen-bond acceptors (Lipinski definition) is 6. The van der Waals surface area contributed by atoms with E-state index in [0.29, 0.717) is 17.8 Å². The molecule has 0 aliphatic carbocycles. The molecule has 3 amide bonds. The minimum absolute atomic E-state index is 0.0208. The van der Waals surface area contributed by atoms with Crippen molar-refractivity contribution in [3.05, 3.63) is 64.4 Å². The largest absolute Gasteiger partial charge is 0.367 e. The van der Waals surface area contributed by atoms with E-state index in [9.17, 15) is 18.8 Å². The third-order valence-electron chi connectivity index (χ3n) is 5.74. The summed E-state index contributed by atoms with van der Waals surface area (Å²) < 4.78 is 13.3. The normalized spacial score (nSPS) is 17.6.